The summed E-state index contributed by atoms with van der Waals surface area (Å²) in [6, 6.07) is 5.64. The molecule has 0 aliphatic carbocycles. The predicted octanol–water partition coefficient (Wildman–Crippen LogP) is 1.68. The van der Waals surface area contributed by atoms with Crippen LogP contribution in [0.3, 0.4) is 0 Å². The Kier molecular flexibility index (Phi) is 2.90. The summed E-state index contributed by atoms with van der Waals surface area (Å²) in [5.74, 6) is 0.729. The van der Waals surface area contributed by atoms with Crippen LogP contribution >= 0.6 is 0 Å². The number of aryl methyl sites for hydroxylation is 1. The topological polar surface area (TPSA) is 59.1 Å². The fourth-order valence-electron chi connectivity index (χ4n) is 1.14. The van der Waals surface area contributed by atoms with Crippen LogP contribution in [0.4, 0.5) is 0 Å². The lowest BCUT2D eigenvalue weighted by Gasteiger charge is -2.09. The molecule has 0 bridgehead atoms. The Morgan fingerprint density at radius 3 is 2.77 bits per heavy atom. The van der Waals surface area contributed by atoms with Crippen LogP contribution in [0, 0.1) is 12.3 Å². The van der Waals surface area contributed by atoms with E-state index in [4.69, 9.17) is 15.9 Å². The first-order chi connectivity index (χ1) is 6.15. The molecule has 0 aliphatic rings. The van der Waals surface area contributed by atoms with Crippen LogP contribution in [0.1, 0.15) is 18.1 Å². The monoisotopic (exact) mass is 178 g/mol. The molecule has 1 aromatic rings. The van der Waals surface area contributed by atoms with Gasteiger partial charge in [0.2, 0.25) is 0 Å². The van der Waals surface area contributed by atoms with Gasteiger partial charge in [-0.1, -0.05) is 11.6 Å². The SMILES string of the molecule is CCOc1ccc(C)cc1C(=N)N. The van der Waals surface area contributed by atoms with Crippen molar-refractivity contribution in [3.8, 4) is 5.75 Å². The van der Waals surface area contributed by atoms with E-state index in [-0.39, 0.29) is 5.84 Å². The molecule has 0 radical (unpaired) electrons. The lowest BCUT2D eigenvalue weighted by Crippen LogP contribution is -2.13. The molecule has 0 fully saturated rings. The Labute approximate surface area is 78.0 Å². The number of nitrogen functional groups attached to an aromatic ring is 1. The van der Waals surface area contributed by atoms with Crippen molar-refractivity contribution in [2.45, 2.75) is 13.8 Å². The van der Waals surface area contributed by atoms with Gasteiger partial charge in [-0.3, -0.25) is 5.41 Å². The van der Waals surface area contributed by atoms with Gasteiger partial charge in [0.05, 0.1) is 12.2 Å². The van der Waals surface area contributed by atoms with Gasteiger partial charge in [0, 0.05) is 0 Å². The summed E-state index contributed by atoms with van der Waals surface area (Å²) in [5.41, 5.74) is 7.16. The number of ether oxygens (including phenoxy) is 1. The summed E-state index contributed by atoms with van der Waals surface area (Å²) in [6.07, 6.45) is 0. The van der Waals surface area contributed by atoms with Crippen LogP contribution in [0.2, 0.25) is 0 Å². The Balaban J connectivity index is 3.10. The maximum Gasteiger partial charge on any atom is 0.130 e. The highest BCUT2D eigenvalue weighted by atomic mass is 16.5. The van der Waals surface area contributed by atoms with Gasteiger partial charge in [0.15, 0.2) is 0 Å². The highest BCUT2D eigenvalue weighted by Crippen LogP contribution is 2.19. The van der Waals surface area contributed by atoms with E-state index in [9.17, 15) is 0 Å². The zero-order valence-corrected chi connectivity index (χ0v) is 7.92. The smallest absolute Gasteiger partial charge is 0.130 e. The van der Waals surface area contributed by atoms with Crippen molar-refractivity contribution in [3.05, 3.63) is 29.3 Å². The summed E-state index contributed by atoms with van der Waals surface area (Å²) >= 11 is 0. The maximum atomic E-state index is 7.35. The molecule has 0 saturated heterocycles. The zero-order valence-electron chi connectivity index (χ0n) is 7.92. The second kappa shape index (κ2) is 3.94. The third-order valence-corrected chi connectivity index (χ3v) is 1.73. The van der Waals surface area contributed by atoms with Gasteiger partial charge in [-0.15, -0.1) is 0 Å². The largest absolute Gasteiger partial charge is 0.493 e. The molecular weight excluding hydrogens is 164 g/mol. The van der Waals surface area contributed by atoms with E-state index in [1.807, 2.05) is 32.0 Å². The number of benzene rings is 1. The van der Waals surface area contributed by atoms with E-state index in [1.165, 1.54) is 0 Å². The van der Waals surface area contributed by atoms with E-state index in [0.29, 0.717) is 17.9 Å². The van der Waals surface area contributed by atoms with Gasteiger partial charge >= 0.3 is 0 Å². The molecule has 1 rings (SSSR count). The van der Waals surface area contributed by atoms with Gasteiger partial charge in [-0.05, 0) is 26.0 Å². The second-order valence-corrected chi connectivity index (χ2v) is 2.85. The Hall–Kier alpha value is -1.51. The molecule has 0 heterocycles. The summed E-state index contributed by atoms with van der Waals surface area (Å²) in [6.45, 7) is 4.45. The van der Waals surface area contributed by atoms with Crippen LogP contribution in [-0.2, 0) is 0 Å². The Bertz CT molecular complexity index is 321. The lowest BCUT2D eigenvalue weighted by atomic mass is 10.1. The highest BCUT2D eigenvalue weighted by Gasteiger charge is 2.05. The number of hydrogen-bond acceptors (Lipinski definition) is 2. The number of rotatable bonds is 3. The molecule has 0 saturated carbocycles. The van der Waals surface area contributed by atoms with Crippen LogP contribution in [0.5, 0.6) is 5.75 Å². The minimum atomic E-state index is 0.0483. The number of nitrogens with two attached hydrogens (primary N) is 1. The van der Waals surface area contributed by atoms with Crippen LogP contribution in [0.15, 0.2) is 18.2 Å². The molecule has 0 aliphatic heterocycles. The van der Waals surface area contributed by atoms with E-state index < -0.39 is 0 Å². The molecule has 3 nitrogen and oxygen atoms in total. The Morgan fingerprint density at radius 1 is 1.54 bits per heavy atom. The fraction of sp³-hybridized carbons (Fsp3) is 0.300. The number of amidine groups is 1. The normalized spacial score (nSPS) is 9.69. The first-order valence-electron chi connectivity index (χ1n) is 4.23. The van der Waals surface area contributed by atoms with E-state index in [0.717, 1.165) is 5.56 Å². The van der Waals surface area contributed by atoms with Crippen molar-refractivity contribution < 1.29 is 4.74 Å². The molecular formula is C10H14N2O. The van der Waals surface area contributed by atoms with E-state index in [2.05, 4.69) is 0 Å². The van der Waals surface area contributed by atoms with Crippen molar-refractivity contribution in [2.24, 2.45) is 5.73 Å². The predicted molar refractivity (Wildman–Crippen MR) is 53.4 cm³/mol. The molecule has 0 spiro atoms. The minimum absolute atomic E-state index is 0.0483. The average Bonchev–Trinajstić information content (AvgIpc) is 2.08. The van der Waals surface area contributed by atoms with Crippen LogP contribution in [0.25, 0.3) is 0 Å². The van der Waals surface area contributed by atoms with Crippen molar-refractivity contribution in [1.82, 2.24) is 0 Å². The maximum absolute atomic E-state index is 7.35. The first-order valence-corrected chi connectivity index (χ1v) is 4.23. The summed E-state index contributed by atoms with van der Waals surface area (Å²) in [4.78, 5) is 0. The first kappa shape index (κ1) is 9.58. The number of hydrogen-bond donors (Lipinski definition) is 2. The zero-order chi connectivity index (χ0) is 9.84. The van der Waals surface area contributed by atoms with Crippen LogP contribution < -0.4 is 10.5 Å². The van der Waals surface area contributed by atoms with Gasteiger partial charge in [0.1, 0.15) is 11.6 Å². The molecule has 3 N–H and O–H groups in total. The lowest BCUT2D eigenvalue weighted by molar-refractivity contribution is 0.339. The van der Waals surface area contributed by atoms with E-state index in [1.54, 1.807) is 0 Å². The molecule has 0 aromatic heterocycles. The fourth-order valence-corrected chi connectivity index (χ4v) is 1.14. The van der Waals surface area contributed by atoms with Gasteiger partial charge in [-0.2, -0.15) is 0 Å². The third kappa shape index (κ3) is 2.21. The molecule has 0 amide bonds. The van der Waals surface area contributed by atoms with Crippen molar-refractivity contribution in [3.63, 3.8) is 0 Å². The second-order valence-electron chi connectivity index (χ2n) is 2.85. The number of nitrogens with one attached hydrogen (secondary N) is 1. The third-order valence-electron chi connectivity index (χ3n) is 1.73. The van der Waals surface area contributed by atoms with Crippen molar-refractivity contribution in [1.29, 1.82) is 5.41 Å². The van der Waals surface area contributed by atoms with Crippen molar-refractivity contribution in [2.75, 3.05) is 6.61 Å². The van der Waals surface area contributed by atoms with E-state index >= 15 is 0 Å². The standard InChI is InChI=1S/C10H14N2O/c1-3-13-9-5-4-7(2)6-8(9)10(11)12/h4-6H,3H2,1-2H3,(H3,11,12). The quantitative estimate of drug-likeness (QED) is 0.546. The molecule has 0 unspecified atom stereocenters. The molecule has 13 heavy (non-hydrogen) atoms. The van der Waals surface area contributed by atoms with Gasteiger partial charge in [0.25, 0.3) is 0 Å². The molecule has 70 valence electrons. The Morgan fingerprint density at radius 2 is 2.23 bits per heavy atom. The summed E-state index contributed by atoms with van der Waals surface area (Å²) in [5, 5.41) is 7.35. The van der Waals surface area contributed by atoms with Gasteiger partial charge in [-0.25, -0.2) is 0 Å². The highest BCUT2D eigenvalue weighted by molar-refractivity contribution is 5.97. The van der Waals surface area contributed by atoms with Crippen LogP contribution in [-0.4, -0.2) is 12.4 Å². The minimum Gasteiger partial charge on any atom is -0.493 e. The molecule has 3 heteroatoms. The van der Waals surface area contributed by atoms with Crippen molar-refractivity contribution >= 4 is 5.84 Å². The average molecular weight is 178 g/mol. The molecule has 0 atom stereocenters. The summed E-state index contributed by atoms with van der Waals surface area (Å²) < 4.78 is 5.33. The molecule has 1 aromatic carbocycles. The van der Waals surface area contributed by atoms with Gasteiger partial charge < -0.3 is 10.5 Å². The summed E-state index contributed by atoms with van der Waals surface area (Å²) in [7, 11) is 0.